The summed E-state index contributed by atoms with van der Waals surface area (Å²) >= 11 is 0. The van der Waals surface area contributed by atoms with Gasteiger partial charge in [0.1, 0.15) is 5.60 Å². The molecule has 0 bridgehead atoms. The molecule has 4 heteroatoms. The number of nitrogens with zero attached hydrogens (tertiary/aromatic N) is 2. The van der Waals surface area contributed by atoms with Crippen LogP contribution >= 0.6 is 0 Å². The number of hydrogen-bond donors (Lipinski definition) is 0. The Balaban J connectivity index is 1.84. The maximum atomic E-state index is 12.1. The Labute approximate surface area is 146 Å². The van der Waals surface area contributed by atoms with Crippen LogP contribution in [-0.4, -0.2) is 47.7 Å². The minimum absolute atomic E-state index is 0.192. The lowest BCUT2D eigenvalue weighted by Crippen LogP contribution is -2.49. The van der Waals surface area contributed by atoms with E-state index in [2.05, 4.69) is 49.9 Å². The molecule has 24 heavy (non-hydrogen) atoms. The van der Waals surface area contributed by atoms with Crippen molar-refractivity contribution >= 4 is 6.09 Å². The molecule has 2 rings (SSSR count). The third-order valence-electron chi connectivity index (χ3n) is 4.25. The van der Waals surface area contributed by atoms with Crippen molar-refractivity contribution in [2.24, 2.45) is 0 Å². The summed E-state index contributed by atoms with van der Waals surface area (Å²) in [6.07, 6.45) is -0.198. The van der Waals surface area contributed by atoms with Gasteiger partial charge >= 0.3 is 6.09 Å². The van der Waals surface area contributed by atoms with Gasteiger partial charge in [-0.05, 0) is 37.3 Å². The van der Waals surface area contributed by atoms with Crippen molar-refractivity contribution < 1.29 is 9.53 Å². The second kappa shape index (κ2) is 7.14. The van der Waals surface area contributed by atoms with E-state index in [0.717, 1.165) is 32.7 Å². The fourth-order valence-corrected chi connectivity index (χ4v) is 2.78. The Bertz CT molecular complexity index is 544. The predicted octanol–water partition coefficient (Wildman–Crippen LogP) is 4.04. The van der Waals surface area contributed by atoms with Crippen LogP contribution in [0, 0.1) is 0 Å². The normalized spacial score (nSPS) is 17.0. The van der Waals surface area contributed by atoms with Crippen LogP contribution in [0.15, 0.2) is 24.3 Å². The van der Waals surface area contributed by atoms with E-state index in [4.69, 9.17) is 4.74 Å². The average Bonchev–Trinajstić information content (AvgIpc) is 2.46. The Hall–Kier alpha value is -1.55. The van der Waals surface area contributed by atoms with E-state index in [1.165, 1.54) is 11.1 Å². The van der Waals surface area contributed by atoms with E-state index in [1.807, 2.05) is 25.7 Å². The van der Waals surface area contributed by atoms with Crippen LogP contribution in [0.25, 0.3) is 0 Å². The number of piperazine rings is 1. The molecule has 4 nitrogen and oxygen atoms in total. The molecule has 1 aliphatic rings. The third kappa shape index (κ3) is 5.52. The number of carbonyl (C=O) groups is 1. The monoisotopic (exact) mass is 332 g/mol. The van der Waals surface area contributed by atoms with E-state index in [-0.39, 0.29) is 11.5 Å². The van der Waals surface area contributed by atoms with Crippen molar-refractivity contribution in [3.63, 3.8) is 0 Å². The minimum Gasteiger partial charge on any atom is -0.444 e. The molecular weight excluding hydrogens is 300 g/mol. The maximum Gasteiger partial charge on any atom is 0.410 e. The van der Waals surface area contributed by atoms with Crippen molar-refractivity contribution in [3.8, 4) is 0 Å². The third-order valence-corrected chi connectivity index (χ3v) is 4.25. The quantitative estimate of drug-likeness (QED) is 0.819. The van der Waals surface area contributed by atoms with Gasteiger partial charge in [0.15, 0.2) is 0 Å². The first-order chi connectivity index (χ1) is 11.0. The van der Waals surface area contributed by atoms with Gasteiger partial charge in [0.05, 0.1) is 0 Å². The van der Waals surface area contributed by atoms with Crippen molar-refractivity contribution in [2.45, 2.75) is 59.1 Å². The molecule has 0 saturated carbocycles. The molecule has 1 aromatic rings. The van der Waals surface area contributed by atoms with Gasteiger partial charge in [0.2, 0.25) is 0 Å². The highest BCUT2D eigenvalue weighted by Gasteiger charge is 2.25. The van der Waals surface area contributed by atoms with Crippen LogP contribution in [0.1, 0.15) is 52.7 Å². The van der Waals surface area contributed by atoms with Crippen molar-refractivity contribution in [1.29, 1.82) is 0 Å². The number of benzene rings is 1. The summed E-state index contributed by atoms with van der Waals surface area (Å²) < 4.78 is 5.44. The van der Waals surface area contributed by atoms with Gasteiger partial charge in [-0.15, -0.1) is 0 Å². The summed E-state index contributed by atoms with van der Waals surface area (Å²) in [6.45, 7) is 16.6. The molecule has 0 unspecified atom stereocenters. The molecular formula is C20H32N2O2. The topological polar surface area (TPSA) is 32.8 Å². The van der Waals surface area contributed by atoms with E-state index in [0.29, 0.717) is 0 Å². The molecule has 0 aromatic heterocycles. The predicted molar refractivity (Wildman–Crippen MR) is 98.2 cm³/mol. The standard InChI is InChI=1S/C20H32N2O2/c1-19(2,3)17-9-7-16(8-10-17)15-21-11-13-22(14-12-21)18(23)24-20(4,5)6/h7-10H,11-15H2,1-6H3. The lowest BCUT2D eigenvalue weighted by atomic mass is 9.87. The highest BCUT2D eigenvalue weighted by atomic mass is 16.6. The molecule has 0 spiro atoms. The van der Waals surface area contributed by atoms with E-state index >= 15 is 0 Å². The Morgan fingerprint density at radius 1 is 0.958 bits per heavy atom. The molecule has 0 aliphatic carbocycles. The lowest BCUT2D eigenvalue weighted by molar-refractivity contribution is 0.0139. The second-order valence-corrected chi connectivity index (χ2v) is 8.69. The highest BCUT2D eigenvalue weighted by Crippen LogP contribution is 2.22. The van der Waals surface area contributed by atoms with Gasteiger partial charge in [0, 0.05) is 32.7 Å². The number of ether oxygens (including phenoxy) is 1. The maximum absolute atomic E-state index is 12.1. The Kier molecular flexibility index (Phi) is 5.59. The molecule has 0 radical (unpaired) electrons. The smallest absolute Gasteiger partial charge is 0.410 e. The minimum atomic E-state index is -0.428. The van der Waals surface area contributed by atoms with Gasteiger partial charge in [-0.1, -0.05) is 45.0 Å². The largest absolute Gasteiger partial charge is 0.444 e. The van der Waals surface area contributed by atoms with Crippen LogP contribution in [0.5, 0.6) is 0 Å². The van der Waals surface area contributed by atoms with Crippen molar-refractivity contribution in [2.75, 3.05) is 26.2 Å². The van der Waals surface area contributed by atoms with Crippen molar-refractivity contribution in [1.82, 2.24) is 9.80 Å². The molecule has 0 N–H and O–H groups in total. The van der Waals surface area contributed by atoms with Crippen LogP contribution in [0.2, 0.25) is 0 Å². The fraction of sp³-hybridized carbons (Fsp3) is 0.650. The average molecular weight is 332 g/mol. The summed E-state index contributed by atoms with van der Waals surface area (Å²) in [5.74, 6) is 0. The molecule has 0 atom stereocenters. The van der Waals surface area contributed by atoms with Gasteiger partial charge in [-0.3, -0.25) is 4.90 Å². The Morgan fingerprint density at radius 2 is 1.50 bits per heavy atom. The SMILES string of the molecule is CC(C)(C)OC(=O)N1CCN(Cc2ccc(C(C)(C)C)cc2)CC1. The van der Waals surface area contributed by atoms with Gasteiger partial charge in [-0.2, -0.15) is 0 Å². The number of amides is 1. The van der Waals surface area contributed by atoms with Crippen LogP contribution < -0.4 is 0 Å². The molecule has 1 saturated heterocycles. The fourth-order valence-electron chi connectivity index (χ4n) is 2.78. The summed E-state index contributed by atoms with van der Waals surface area (Å²) in [5.41, 5.74) is 2.45. The number of carbonyl (C=O) groups excluding carboxylic acids is 1. The summed E-state index contributed by atoms with van der Waals surface area (Å²) in [6, 6.07) is 8.90. The van der Waals surface area contributed by atoms with E-state index < -0.39 is 5.60 Å². The molecule has 1 heterocycles. The highest BCUT2D eigenvalue weighted by molar-refractivity contribution is 5.68. The second-order valence-electron chi connectivity index (χ2n) is 8.69. The van der Waals surface area contributed by atoms with E-state index in [1.54, 1.807) is 0 Å². The van der Waals surface area contributed by atoms with Crippen LogP contribution in [0.4, 0.5) is 4.79 Å². The van der Waals surface area contributed by atoms with E-state index in [9.17, 15) is 4.79 Å². The lowest BCUT2D eigenvalue weighted by Gasteiger charge is -2.35. The van der Waals surface area contributed by atoms with Gasteiger partial charge in [0.25, 0.3) is 0 Å². The molecule has 1 aromatic carbocycles. The zero-order valence-corrected chi connectivity index (χ0v) is 16.1. The Morgan fingerprint density at radius 3 is 1.96 bits per heavy atom. The molecule has 1 fully saturated rings. The molecule has 1 amide bonds. The molecule has 134 valence electrons. The van der Waals surface area contributed by atoms with Crippen molar-refractivity contribution in [3.05, 3.63) is 35.4 Å². The zero-order chi connectivity index (χ0) is 18.0. The summed E-state index contributed by atoms with van der Waals surface area (Å²) in [7, 11) is 0. The molecule has 1 aliphatic heterocycles. The van der Waals surface area contributed by atoms with Crippen LogP contribution in [0.3, 0.4) is 0 Å². The van der Waals surface area contributed by atoms with Gasteiger partial charge < -0.3 is 9.64 Å². The van der Waals surface area contributed by atoms with Gasteiger partial charge in [-0.25, -0.2) is 4.79 Å². The first-order valence-electron chi connectivity index (χ1n) is 8.84. The first-order valence-corrected chi connectivity index (χ1v) is 8.84. The summed E-state index contributed by atoms with van der Waals surface area (Å²) in [4.78, 5) is 16.3. The number of rotatable bonds is 2. The number of hydrogen-bond acceptors (Lipinski definition) is 3. The first kappa shape index (κ1) is 18.8. The van der Waals surface area contributed by atoms with Crippen LogP contribution in [-0.2, 0) is 16.7 Å². The zero-order valence-electron chi connectivity index (χ0n) is 16.1. The summed E-state index contributed by atoms with van der Waals surface area (Å²) in [5, 5.41) is 0.